The molecule has 1 unspecified atom stereocenters. The van der Waals surface area contributed by atoms with Crippen LogP contribution in [0.2, 0.25) is 0 Å². The second kappa shape index (κ2) is 8.83. The van der Waals surface area contributed by atoms with E-state index in [9.17, 15) is 23.9 Å². The topological polar surface area (TPSA) is 112 Å². The van der Waals surface area contributed by atoms with E-state index in [0.717, 1.165) is 18.4 Å². The Balaban J connectivity index is 1.24. The number of aromatic nitrogens is 3. The molecule has 38 heavy (non-hydrogen) atoms. The number of fused-ring (bicyclic) bond motifs is 2. The number of nitrogens with one attached hydrogen (secondary N) is 1. The van der Waals surface area contributed by atoms with E-state index in [0.29, 0.717) is 45.6 Å². The van der Waals surface area contributed by atoms with Gasteiger partial charge < -0.3 is 19.9 Å². The zero-order valence-electron chi connectivity index (χ0n) is 20.6. The molecular formula is C27H25ClFN5O4. The second-order valence-corrected chi connectivity index (χ2v) is 10.5. The molecule has 2 aromatic heterocycles. The first-order chi connectivity index (χ1) is 18.2. The highest BCUT2D eigenvalue weighted by atomic mass is 35.5. The SMILES string of the molecule is CN(C(=O)c1cnn2c1CN(C(=O)c1cc3c([nH]1)=CC(F)CC=3Cl)CC2)C1(c2ccc(C(=O)O)cc2)CC1. The summed E-state index contributed by atoms with van der Waals surface area (Å²) >= 11 is 6.22. The first-order valence-corrected chi connectivity index (χ1v) is 12.8. The molecule has 1 fully saturated rings. The Labute approximate surface area is 221 Å². The first-order valence-electron chi connectivity index (χ1n) is 12.4. The van der Waals surface area contributed by atoms with Gasteiger partial charge in [-0.2, -0.15) is 5.10 Å². The lowest BCUT2D eigenvalue weighted by atomic mass is 10.0. The fraction of sp³-hybridized carbons (Fsp3) is 0.333. The van der Waals surface area contributed by atoms with Crippen molar-refractivity contribution in [1.29, 1.82) is 0 Å². The maximum absolute atomic E-state index is 13.9. The summed E-state index contributed by atoms with van der Waals surface area (Å²) in [6, 6.07) is 8.28. The summed E-state index contributed by atoms with van der Waals surface area (Å²) in [4.78, 5) is 44.6. The van der Waals surface area contributed by atoms with E-state index in [1.165, 1.54) is 6.08 Å². The zero-order chi connectivity index (χ0) is 26.8. The molecule has 11 heteroatoms. The Morgan fingerprint density at radius 1 is 1.21 bits per heavy atom. The molecule has 6 rings (SSSR count). The van der Waals surface area contributed by atoms with Crippen LogP contribution in [-0.4, -0.2) is 67.2 Å². The van der Waals surface area contributed by atoms with Crippen LogP contribution >= 0.6 is 11.6 Å². The highest BCUT2D eigenvalue weighted by Crippen LogP contribution is 2.51. The number of carbonyl (C=O) groups is 3. The molecule has 3 aliphatic rings. The van der Waals surface area contributed by atoms with Crippen molar-refractivity contribution in [2.24, 2.45) is 0 Å². The minimum absolute atomic E-state index is 0.0904. The normalized spacial score (nSPS) is 19.3. The lowest BCUT2D eigenvalue weighted by Crippen LogP contribution is -2.41. The van der Waals surface area contributed by atoms with Gasteiger partial charge in [0.1, 0.15) is 11.9 Å². The van der Waals surface area contributed by atoms with Gasteiger partial charge in [-0.15, -0.1) is 0 Å². The number of carboxylic acids is 1. The van der Waals surface area contributed by atoms with Crippen LogP contribution in [0.4, 0.5) is 4.39 Å². The average molecular weight is 538 g/mol. The number of benzene rings is 1. The summed E-state index contributed by atoms with van der Waals surface area (Å²) in [5.74, 6) is -1.47. The highest BCUT2D eigenvalue weighted by molar-refractivity contribution is 6.45. The third kappa shape index (κ3) is 3.91. The summed E-state index contributed by atoms with van der Waals surface area (Å²) in [6.45, 7) is 1.05. The number of hydrogen-bond donors (Lipinski definition) is 2. The van der Waals surface area contributed by atoms with Crippen LogP contribution in [0.1, 0.15) is 61.7 Å². The first kappa shape index (κ1) is 24.4. The van der Waals surface area contributed by atoms with Gasteiger partial charge in [0.25, 0.3) is 11.8 Å². The van der Waals surface area contributed by atoms with Gasteiger partial charge in [-0.05, 0) is 42.7 Å². The molecule has 0 radical (unpaired) electrons. The minimum Gasteiger partial charge on any atom is -0.478 e. The Hall–Kier alpha value is -3.92. The van der Waals surface area contributed by atoms with E-state index in [1.54, 1.807) is 58.1 Å². The number of aromatic amines is 1. The third-order valence-electron chi connectivity index (χ3n) is 7.82. The van der Waals surface area contributed by atoms with Gasteiger partial charge in [0.15, 0.2) is 0 Å². The van der Waals surface area contributed by atoms with Gasteiger partial charge in [-0.3, -0.25) is 14.3 Å². The standard InChI is InChI=1S/C27H25ClFN5O4/c1-32(27(6-7-27)16-4-2-15(3-5-16)26(37)38)24(35)19-13-30-34-9-8-33(14-23(19)34)25(36)22-12-18-20(28)10-17(29)11-21(18)31-22/h2-5,11-13,17,31H,6-10,14H2,1H3,(H,37,38). The average Bonchev–Trinajstić information content (AvgIpc) is 3.42. The fourth-order valence-electron chi connectivity index (χ4n) is 5.46. The van der Waals surface area contributed by atoms with Crippen LogP contribution in [0.5, 0.6) is 0 Å². The summed E-state index contributed by atoms with van der Waals surface area (Å²) in [6.07, 6.45) is 3.40. The zero-order valence-corrected chi connectivity index (χ0v) is 21.3. The van der Waals surface area contributed by atoms with Gasteiger partial charge in [0.2, 0.25) is 0 Å². The summed E-state index contributed by atoms with van der Waals surface area (Å²) in [5, 5.41) is 15.1. The van der Waals surface area contributed by atoms with Crippen molar-refractivity contribution in [3.8, 4) is 0 Å². The second-order valence-electron chi connectivity index (χ2n) is 10.0. The van der Waals surface area contributed by atoms with Crippen molar-refractivity contribution >= 4 is 40.5 Å². The fourth-order valence-corrected chi connectivity index (χ4v) is 5.77. The van der Waals surface area contributed by atoms with E-state index in [-0.39, 0.29) is 30.3 Å². The molecule has 0 bridgehead atoms. The monoisotopic (exact) mass is 537 g/mol. The number of amides is 2. The molecule has 3 aromatic rings. The molecule has 1 aliphatic heterocycles. The van der Waals surface area contributed by atoms with Crippen LogP contribution in [0.15, 0.2) is 36.5 Å². The summed E-state index contributed by atoms with van der Waals surface area (Å²) < 4.78 is 15.6. The van der Waals surface area contributed by atoms with Crippen LogP contribution in [0.25, 0.3) is 11.1 Å². The third-order valence-corrected chi connectivity index (χ3v) is 8.18. The summed E-state index contributed by atoms with van der Waals surface area (Å²) in [5.41, 5.74) is 1.97. The molecular weight excluding hydrogens is 513 g/mol. The molecule has 2 aliphatic carbocycles. The smallest absolute Gasteiger partial charge is 0.335 e. The van der Waals surface area contributed by atoms with Gasteiger partial charge in [-0.1, -0.05) is 23.7 Å². The number of carbonyl (C=O) groups excluding carboxylic acids is 2. The predicted molar refractivity (Wildman–Crippen MR) is 137 cm³/mol. The molecule has 1 atom stereocenters. The van der Waals surface area contributed by atoms with Crippen molar-refractivity contribution < 1.29 is 23.9 Å². The number of rotatable bonds is 5. The van der Waals surface area contributed by atoms with E-state index < -0.39 is 17.7 Å². The van der Waals surface area contributed by atoms with Crippen molar-refractivity contribution in [3.05, 3.63) is 75.2 Å². The highest BCUT2D eigenvalue weighted by Gasteiger charge is 2.50. The van der Waals surface area contributed by atoms with E-state index in [4.69, 9.17) is 11.6 Å². The van der Waals surface area contributed by atoms with Gasteiger partial charge in [-0.25, -0.2) is 9.18 Å². The van der Waals surface area contributed by atoms with Gasteiger partial charge in [0, 0.05) is 35.6 Å². The van der Waals surface area contributed by atoms with Crippen molar-refractivity contribution in [3.63, 3.8) is 0 Å². The lowest BCUT2D eigenvalue weighted by molar-refractivity contribution is 0.0669. The number of alkyl halides is 1. The molecule has 2 N–H and O–H groups in total. The number of nitrogens with zero attached hydrogens (tertiary/aromatic N) is 4. The molecule has 9 nitrogen and oxygen atoms in total. The molecule has 1 saturated carbocycles. The van der Waals surface area contributed by atoms with Crippen LogP contribution in [0.3, 0.4) is 0 Å². The minimum atomic E-state index is -1.20. The molecule has 3 heterocycles. The number of aromatic carboxylic acids is 1. The maximum Gasteiger partial charge on any atom is 0.335 e. The number of hydrogen-bond acceptors (Lipinski definition) is 4. The Kier molecular flexibility index (Phi) is 5.68. The van der Waals surface area contributed by atoms with E-state index in [1.807, 2.05) is 0 Å². The molecule has 1 aromatic carbocycles. The van der Waals surface area contributed by atoms with E-state index >= 15 is 0 Å². The predicted octanol–water partition coefficient (Wildman–Crippen LogP) is 2.20. The molecule has 2 amide bonds. The largest absolute Gasteiger partial charge is 0.478 e. The Morgan fingerprint density at radius 2 is 1.95 bits per heavy atom. The van der Waals surface area contributed by atoms with Crippen molar-refractivity contribution in [2.75, 3.05) is 13.6 Å². The van der Waals surface area contributed by atoms with Crippen LogP contribution in [-0.2, 0) is 18.6 Å². The number of H-pyrrole nitrogens is 1. The lowest BCUT2D eigenvalue weighted by Gasteiger charge is -2.31. The Bertz CT molecular complexity index is 1600. The Morgan fingerprint density at radius 3 is 2.63 bits per heavy atom. The van der Waals surface area contributed by atoms with E-state index in [2.05, 4.69) is 10.1 Å². The van der Waals surface area contributed by atoms with Crippen molar-refractivity contribution in [1.82, 2.24) is 24.6 Å². The molecule has 0 spiro atoms. The van der Waals surface area contributed by atoms with Crippen LogP contribution in [0, 0.1) is 0 Å². The quantitative estimate of drug-likeness (QED) is 0.518. The maximum atomic E-state index is 13.9. The van der Waals surface area contributed by atoms with Crippen LogP contribution < -0.4 is 10.6 Å². The van der Waals surface area contributed by atoms with Crippen molar-refractivity contribution in [2.45, 2.75) is 44.1 Å². The number of carboxylic acid groups (broad SMARTS) is 1. The molecule has 196 valence electrons. The number of halogens is 2. The van der Waals surface area contributed by atoms with Gasteiger partial charge >= 0.3 is 5.97 Å². The van der Waals surface area contributed by atoms with Gasteiger partial charge in [0.05, 0.1) is 41.6 Å². The summed E-state index contributed by atoms with van der Waals surface area (Å²) in [7, 11) is 1.74. The molecule has 0 saturated heterocycles.